The number of hydrogen-bond acceptors (Lipinski definition) is 5. The fourth-order valence-corrected chi connectivity index (χ4v) is 3.88. The lowest BCUT2D eigenvalue weighted by Gasteiger charge is -2.29. The maximum absolute atomic E-state index is 12.7. The topological polar surface area (TPSA) is 105 Å². The van der Waals surface area contributed by atoms with Crippen LogP contribution in [0.25, 0.3) is 0 Å². The van der Waals surface area contributed by atoms with Crippen molar-refractivity contribution in [2.24, 2.45) is 5.73 Å². The van der Waals surface area contributed by atoms with E-state index in [0.29, 0.717) is 31.6 Å². The second-order valence-corrected chi connectivity index (χ2v) is 7.52. The van der Waals surface area contributed by atoms with Gasteiger partial charge in [0.05, 0.1) is 0 Å². The summed E-state index contributed by atoms with van der Waals surface area (Å²) in [5.41, 5.74) is 10.6. The van der Waals surface area contributed by atoms with Gasteiger partial charge in [-0.05, 0) is 34.7 Å². The van der Waals surface area contributed by atoms with Gasteiger partial charge in [-0.15, -0.1) is 0 Å². The molecule has 0 spiro atoms. The van der Waals surface area contributed by atoms with Gasteiger partial charge in [0.1, 0.15) is 6.04 Å². The SMILES string of the molecule is NCc1ccc(CNCc2ccc3c(c2)CN(C2CCC(=O)NC2=O)C3=O)cc1. The highest BCUT2D eigenvalue weighted by molar-refractivity contribution is 6.05. The molecule has 0 aromatic heterocycles. The van der Waals surface area contributed by atoms with Gasteiger partial charge in [-0.25, -0.2) is 0 Å². The number of benzene rings is 2. The Hall–Kier alpha value is -3.03. The van der Waals surface area contributed by atoms with Crippen molar-refractivity contribution in [3.63, 3.8) is 0 Å². The van der Waals surface area contributed by atoms with E-state index in [1.807, 2.05) is 30.3 Å². The summed E-state index contributed by atoms with van der Waals surface area (Å²) in [5, 5.41) is 5.74. The molecule has 2 aromatic carbocycles. The average molecular weight is 392 g/mol. The summed E-state index contributed by atoms with van der Waals surface area (Å²) >= 11 is 0. The molecule has 1 saturated heterocycles. The van der Waals surface area contributed by atoms with Crippen LogP contribution in [0.15, 0.2) is 42.5 Å². The third kappa shape index (κ3) is 4.06. The zero-order valence-electron chi connectivity index (χ0n) is 16.1. The number of nitrogens with two attached hydrogens (primary N) is 1. The fraction of sp³-hybridized carbons (Fsp3) is 0.318. The van der Waals surface area contributed by atoms with Gasteiger partial charge in [0.25, 0.3) is 5.91 Å². The zero-order chi connectivity index (χ0) is 20.4. The van der Waals surface area contributed by atoms with Crippen molar-refractivity contribution in [1.82, 2.24) is 15.5 Å². The molecule has 0 bridgehead atoms. The third-order valence-corrected chi connectivity index (χ3v) is 5.50. The van der Waals surface area contributed by atoms with E-state index in [9.17, 15) is 14.4 Å². The van der Waals surface area contributed by atoms with Crippen LogP contribution in [0.2, 0.25) is 0 Å². The van der Waals surface area contributed by atoms with Crippen molar-refractivity contribution >= 4 is 17.7 Å². The average Bonchev–Trinajstić information content (AvgIpc) is 3.04. The Bertz CT molecular complexity index is 955. The van der Waals surface area contributed by atoms with Crippen LogP contribution in [0.5, 0.6) is 0 Å². The van der Waals surface area contributed by atoms with Crippen LogP contribution in [0.4, 0.5) is 0 Å². The van der Waals surface area contributed by atoms with Crippen molar-refractivity contribution in [1.29, 1.82) is 0 Å². The highest BCUT2D eigenvalue weighted by atomic mass is 16.2. The minimum atomic E-state index is -0.578. The number of imide groups is 1. The fourth-order valence-electron chi connectivity index (χ4n) is 3.88. The third-order valence-electron chi connectivity index (χ3n) is 5.50. The van der Waals surface area contributed by atoms with Gasteiger partial charge < -0.3 is 16.0 Å². The Morgan fingerprint density at radius 1 is 1.00 bits per heavy atom. The van der Waals surface area contributed by atoms with Gasteiger partial charge in [0.15, 0.2) is 0 Å². The molecule has 1 atom stereocenters. The molecule has 2 heterocycles. The molecule has 4 N–H and O–H groups in total. The number of rotatable bonds is 6. The Morgan fingerprint density at radius 3 is 2.41 bits per heavy atom. The molecular weight excluding hydrogens is 368 g/mol. The molecular formula is C22H24N4O3. The maximum Gasteiger partial charge on any atom is 0.255 e. The number of carbonyl (C=O) groups excluding carboxylic acids is 3. The van der Waals surface area contributed by atoms with E-state index in [4.69, 9.17) is 5.73 Å². The highest BCUT2D eigenvalue weighted by Crippen LogP contribution is 2.28. The van der Waals surface area contributed by atoms with Crippen molar-refractivity contribution in [2.75, 3.05) is 0 Å². The molecule has 2 aromatic rings. The lowest BCUT2D eigenvalue weighted by molar-refractivity contribution is -0.136. The normalized spacial score (nSPS) is 18.7. The summed E-state index contributed by atoms with van der Waals surface area (Å²) < 4.78 is 0. The predicted molar refractivity (Wildman–Crippen MR) is 107 cm³/mol. The van der Waals surface area contributed by atoms with Crippen molar-refractivity contribution < 1.29 is 14.4 Å². The molecule has 4 rings (SSSR count). The first kappa shape index (κ1) is 19.3. The van der Waals surface area contributed by atoms with Gasteiger partial charge in [-0.3, -0.25) is 19.7 Å². The summed E-state index contributed by atoms with van der Waals surface area (Å²) in [4.78, 5) is 37.8. The lowest BCUT2D eigenvalue weighted by atomic mass is 10.0. The van der Waals surface area contributed by atoms with Crippen LogP contribution in [-0.2, 0) is 35.8 Å². The molecule has 150 valence electrons. The van der Waals surface area contributed by atoms with Gasteiger partial charge in [-0.2, -0.15) is 0 Å². The minimum absolute atomic E-state index is 0.144. The number of fused-ring (bicyclic) bond motifs is 1. The van der Waals surface area contributed by atoms with E-state index in [1.54, 1.807) is 4.90 Å². The summed E-state index contributed by atoms with van der Waals surface area (Å²) in [6, 6.07) is 13.4. The largest absolute Gasteiger partial charge is 0.326 e. The van der Waals surface area contributed by atoms with Crippen LogP contribution in [0, 0.1) is 0 Å². The zero-order valence-corrected chi connectivity index (χ0v) is 16.1. The van der Waals surface area contributed by atoms with E-state index in [2.05, 4.69) is 22.8 Å². The number of piperidine rings is 1. The number of amides is 3. The molecule has 7 heteroatoms. The molecule has 3 amide bonds. The highest BCUT2D eigenvalue weighted by Gasteiger charge is 2.38. The monoisotopic (exact) mass is 392 g/mol. The van der Waals surface area contributed by atoms with E-state index < -0.39 is 6.04 Å². The summed E-state index contributed by atoms with van der Waals surface area (Å²) in [6.07, 6.45) is 0.639. The van der Waals surface area contributed by atoms with Crippen LogP contribution in [0.1, 0.15) is 45.5 Å². The molecule has 7 nitrogen and oxygen atoms in total. The van der Waals surface area contributed by atoms with Crippen molar-refractivity contribution in [3.05, 3.63) is 70.3 Å². The summed E-state index contributed by atoms with van der Waals surface area (Å²) in [5.74, 6) is -0.805. The Balaban J connectivity index is 1.38. The van der Waals surface area contributed by atoms with Crippen LogP contribution < -0.4 is 16.4 Å². The molecule has 0 aliphatic carbocycles. The van der Waals surface area contributed by atoms with Gasteiger partial charge in [0, 0.05) is 38.2 Å². The quantitative estimate of drug-likeness (QED) is 0.641. The van der Waals surface area contributed by atoms with Crippen LogP contribution in [0.3, 0.4) is 0 Å². The first-order valence-electron chi connectivity index (χ1n) is 9.80. The molecule has 0 radical (unpaired) electrons. The maximum atomic E-state index is 12.7. The molecule has 1 fully saturated rings. The first-order valence-corrected chi connectivity index (χ1v) is 9.80. The molecule has 2 aliphatic rings. The van der Waals surface area contributed by atoms with Gasteiger partial charge >= 0.3 is 0 Å². The number of hydrogen-bond donors (Lipinski definition) is 3. The van der Waals surface area contributed by atoms with E-state index >= 15 is 0 Å². The predicted octanol–water partition coefficient (Wildman–Crippen LogP) is 1.20. The van der Waals surface area contributed by atoms with E-state index in [0.717, 1.165) is 23.2 Å². The summed E-state index contributed by atoms with van der Waals surface area (Å²) in [7, 11) is 0. The van der Waals surface area contributed by atoms with Gasteiger partial charge in [0.2, 0.25) is 11.8 Å². The smallest absolute Gasteiger partial charge is 0.255 e. The Labute approximate surface area is 169 Å². The number of carbonyl (C=O) groups is 3. The van der Waals surface area contributed by atoms with Crippen molar-refractivity contribution in [2.45, 2.75) is 45.1 Å². The molecule has 1 unspecified atom stereocenters. The first-order chi connectivity index (χ1) is 14.0. The van der Waals surface area contributed by atoms with Crippen LogP contribution >= 0.6 is 0 Å². The second kappa shape index (κ2) is 8.14. The molecule has 29 heavy (non-hydrogen) atoms. The second-order valence-electron chi connectivity index (χ2n) is 7.52. The Kier molecular flexibility index (Phi) is 5.42. The van der Waals surface area contributed by atoms with Gasteiger partial charge in [-0.1, -0.05) is 36.4 Å². The minimum Gasteiger partial charge on any atom is -0.326 e. The van der Waals surface area contributed by atoms with E-state index in [-0.39, 0.29) is 24.1 Å². The standard InChI is InChI=1S/C22H24N4O3/c23-10-14-1-3-15(4-2-14)11-24-12-16-5-6-18-17(9-16)13-26(22(18)29)19-7-8-20(27)25-21(19)28/h1-6,9,19,24H,7-8,10-13,23H2,(H,25,27,28). The van der Waals surface area contributed by atoms with Crippen molar-refractivity contribution in [3.8, 4) is 0 Å². The number of nitrogens with zero attached hydrogens (tertiary/aromatic N) is 1. The molecule has 0 saturated carbocycles. The molecule has 2 aliphatic heterocycles. The Morgan fingerprint density at radius 2 is 1.69 bits per heavy atom. The summed E-state index contributed by atoms with van der Waals surface area (Å²) in [6.45, 7) is 2.36. The number of nitrogens with one attached hydrogen (secondary N) is 2. The lowest BCUT2D eigenvalue weighted by Crippen LogP contribution is -2.52. The van der Waals surface area contributed by atoms with E-state index in [1.165, 1.54) is 5.56 Å². The van der Waals surface area contributed by atoms with Crippen LogP contribution in [-0.4, -0.2) is 28.7 Å².